The molecule has 0 aliphatic rings. The molecule has 0 heterocycles. The zero-order valence-electron chi connectivity index (χ0n) is 5.64. The molecule has 2 nitrogen and oxygen atoms in total. The highest BCUT2D eigenvalue weighted by Gasteiger charge is 1.96. The molecular formula is C7H7Cl2NO. The Bertz CT molecular complexity index is 231. The minimum Gasteiger partial charge on any atom is -0.515 e. The zero-order chi connectivity index (χ0) is 8.85. The number of nitrogens with one attached hydrogen (secondary N) is 1. The van der Waals surface area contributed by atoms with Crippen LogP contribution in [0.25, 0.3) is 0 Å². The van der Waals surface area contributed by atoms with Gasteiger partial charge >= 0.3 is 0 Å². The van der Waals surface area contributed by atoms with Crippen LogP contribution in [-0.2, 0) is 0 Å². The highest BCUT2D eigenvalue weighted by molar-refractivity contribution is 6.75. The lowest BCUT2D eigenvalue weighted by atomic mass is 10.3. The fourth-order valence-electron chi connectivity index (χ4n) is 0.359. The molecule has 0 aromatic rings. The second-order valence-corrected chi connectivity index (χ2v) is 2.42. The van der Waals surface area contributed by atoms with Crippen molar-refractivity contribution < 1.29 is 5.11 Å². The molecule has 0 fully saturated rings. The Hall–Kier alpha value is -0.730. The first-order valence-corrected chi connectivity index (χ1v) is 3.46. The van der Waals surface area contributed by atoms with Crippen LogP contribution in [0.2, 0.25) is 0 Å². The average molecular weight is 192 g/mol. The predicted molar refractivity (Wildman–Crippen MR) is 48.4 cm³/mol. The summed E-state index contributed by atoms with van der Waals surface area (Å²) in [5, 5.41) is 15.2. The van der Waals surface area contributed by atoms with Crippen LogP contribution in [0, 0.1) is 5.41 Å². The summed E-state index contributed by atoms with van der Waals surface area (Å²) in [6.45, 7) is 3.40. The van der Waals surface area contributed by atoms with Crippen LogP contribution in [0.3, 0.4) is 0 Å². The van der Waals surface area contributed by atoms with Crippen LogP contribution in [0.4, 0.5) is 0 Å². The molecule has 0 aromatic carbocycles. The molecule has 4 heteroatoms. The van der Waals surface area contributed by atoms with Crippen molar-refractivity contribution in [3.8, 4) is 0 Å². The minimum absolute atomic E-state index is 0.0619. The van der Waals surface area contributed by atoms with Gasteiger partial charge in [-0.3, -0.25) is 5.41 Å². The predicted octanol–water partition coefficient (Wildman–Crippen LogP) is 2.95. The van der Waals surface area contributed by atoms with Crippen molar-refractivity contribution >= 4 is 28.4 Å². The summed E-state index contributed by atoms with van der Waals surface area (Å²) in [6, 6.07) is 0. The van der Waals surface area contributed by atoms with E-state index in [1.807, 2.05) is 0 Å². The third-order valence-corrected chi connectivity index (χ3v) is 1.49. The third kappa shape index (κ3) is 3.86. The Kier molecular flexibility index (Phi) is 4.66. The van der Waals surface area contributed by atoms with Crippen LogP contribution in [-0.4, -0.2) is 10.3 Å². The normalized spacial score (nSPS) is 12.9. The van der Waals surface area contributed by atoms with E-state index < -0.39 is 0 Å². The zero-order valence-corrected chi connectivity index (χ0v) is 7.15. The highest BCUT2D eigenvalue weighted by atomic mass is 35.5. The van der Waals surface area contributed by atoms with Gasteiger partial charge in [0.1, 0.15) is 5.17 Å². The van der Waals surface area contributed by atoms with E-state index in [4.69, 9.17) is 33.7 Å². The van der Waals surface area contributed by atoms with Gasteiger partial charge in [-0.2, -0.15) is 0 Å². The molecule has 0 aliphatic carbocycles. The van der Waals surface area contributed by atoms with Crippen LogP contribution < -0.4 is 0 Å². The Labute approximate surface area is 74.9 Å². The molecule has 0 radical (unpaired) electrons. The Morgan fingerprint density at radius 1 is 1.45 bits per heavy atom. The van der Waals surface area contributed by atoms with Gasteiger partial charge in [0, 0.05) is 5.57 Å². The molecule has 0 atom stereocenters. The van der Waals surface area contributed by atoms with Crippen molar-refractivity contribution in [2.45, 2.75) is 0 Å². The Balaban J connectivity index is 4.53. The van der Waals surface area contributed by atoms with Crippen molar-refractivity contribution in [2.24, 2.45) is 0 Å². The quantitative estimate of drug-likeness (QED) is 0.403. The van der Waals surface area contributed by atoms with Gasteiger partial charge in [0.2, 0.25) is 0 Å². The van der Waals surface area contributed by atoms with Crippen molar-refractivity contribution in [2.75, 3.05) is 0 Å². The van der Waals surface area contributed by atoms with Gasteiger partial charge in [-0.1, -0.05) is 35.9 Å². The summed E-state index contributed by atoms with van der Waals surface area (Å²) >= 11 is 10.7. The van der Waals surface area contributed by atoms with Gasteiger partial charge in [0.15, 0.2) is 0 Å². The number of halogens is 2. The maximum absolute atomic E-state index is 8.51. The summed E-state index contributed by atoms with van der Waals surface area (Å²) in [6.07, 6.45) is 3.56. The monoisotopic (exact) mass is 191 g/mol. The van der Waals surface area contributed by atoms with E-state index in [2.05, 4.69) is 6.58 Å². The highest BCUT2D eigenvalue weighted by Crippen LogP contribution is 2.10. The topological polar surface area (TPSA) is 44.1 Å². The maximum atomic E-state index is 8.51. The lowest BCUT2D eigenvalue weighted by Crippen LogP contribution is -1.83. The lowest BCUT2D eigenvalue weighted by Gasteiger charge is -1.92. The van der Waals surface area contributed by atoms with Crippen molar-refractivity contribution in [1.82, 2.24) is 0 Å². The summed E-state index contributed by atoms with van der Waals surface area (Å²) in [5.74, 6) is 0. The average Bonchev–Trinajstić information content (AvgIpc) is 1.99. The molecule has 11 heavy (non-hydrogen) atoms. The fourth-order valence-corrected chi connectivity index (χ4v) is 0.539. The number of hydrogen-bond acceptors (Lipinski definition) is 2. The molecule has 0 bridgehead atoms. The number of allylic oxidation sites excluding steroid dienone is 4. The molecular weight excluding hydrogens is 185 g/mol. The third-order valence-electron chi connectivity index (χ3n) is 0.888. The first-order chi connectivity index (χ1) is 5.11. The number of aliphatic hydroxyl groups excluding tert-OH is 1. The van der Waals surface area contributed by atoms with Gasteiger partial charge in [-0.25, -0.2) is 0 Å². The SMILES string of the molecule is C=CC(=CO)C=C(Cl)C(=N)Cl. The van der Waals surface area contributed by atoms with Gasteiger partial charge in [-0.15, -0.1) is 0 Å². The smallest absolute Gasteiger partial charge is 0.139 e. The minimum atomic E-state index is -0.270. The van der Waals surface area contributed by atoms with Crippen molar-refractivity contribution in [1.29, 1.82) is 5.41 Å². The molecule has 0 unspecified atom stereocenters. The molecule has 0 amide bonds. The summed E-state index contributed by atoms with van der Waals surface area (Å²) in [4.78, 5) is 0. The summed E-state index contributed by atoms with van der Waals surface area (Å²) < 4.78 is 0. The second kappa shape index (κ2) is 4.99. The molecule has 0 saturated heterocycles. The Morgan fingerprint density at radius 2 is 2.00 bits per heavy atom. The summed E-state index contributed by atoms with van der Waals surface area (Å²) in [7, 11) is 0. The second-order valence-electron chi connectivity index (χ2n) is 1.64. The maximum Gasteiger partial charge on any atom is 0.139 e. The van der Waals surface area contributed by atoms with E-state index in [1.165, 1.54) is 12.2 Å². The van der Waals surface area contributed by atoms with E-state index in [0.29, 0.717) is 5.57 Å². The molecule has 0 aliphatic heterocycles. The fraction of sp³-hybridized carbons (Fsp3) is 0. The van der Waals surface area contributed by atoms with Crippen LogP contribution in [0.1, 0.15) is 0 Å². The summed E-state index contributed by atoms with van der Waals surface area (Å²) in [5.41, 5.74) is 0.403. The van der Waals surface area contributed by atoms with E-state index in [-0.39, 0.29) is 10.2 Å². The largest absolute Gasteiger partial charge is 0.515 e. The first-order valence-electron chi connectivity index (χ1n) is 2.70. The number of aliphatic hydroxyl groups is 1. The van der Waals surface area contributed by atoms with E-state index in [0.717, 1.165) is 6.26 Å². The van der Waals surface area contributed by atoms with E-state index in [9.17, 15) is 0 Å². The number of hydrogen-bond donors (Lipinski definition) is 2. The van der Waals surface area contributed by atoms with Gasteiger partial charge in [-0.05, 0) is 6.08 Å². The Morgan fingerprint density at radius 3 is 2.27 bits per heavy atom. The molecule has 60 valence electrons. The number of rotatable bonds is 3. The van der Waals surface area contributed by atoms with E-state index >= 15 is 0 Å². The van der Waals surface area contributed by atoms with Crippen LogP contribution in [0.15, 0.2) is 35.6 Å². The van der Waals surface area contributed by atoms with Crippen LogP contribution in [0.5, 0.6) is 0 Å². The van der Waals surface area contributed by atoms with Gasteiger partial charge in [0.05, 0.1) is 11.3 Å². The van der Waals surface area contributed by atoms with Crippen LogP contribution >= 0.6 is 23.2 Å². The lowest BCUT2D eigenvalue weighted by molar-refractivity contribution is 0.470. The first kappa shape index (κ1) is 10.3. The van der Waals surface area contributed by atoms with Crippen molar-refractivity contribution in [3.05, 3.63) is 35.6 Å². The van der Waals surface area contributed by atoms with Gasteiger partial charge < -0.3 is 5.11 Å². The standard InChI is InChI=1S/C7H7Cl2NO/c1-2-5(4-11)3-6(8)7(9)10/h2-4,10-11H,1H2. The van der Waals surface area contributed by atoms with Crippen molar-refractivity contribution in [3.63, 3.8) is 0 Å². The molecule has 0 saturated carbocycles. The van der Waals surface area contributed by atoms with Gasteiger partial charge in [0.25, 0.3) is 0 Å². The molecule has 0 rings (SSSR count). The molecule has 2 N–H and O–H groups in total. The molecule has 0 aromatic heterocycles. The molecule has 0 spiro atoms. The van der Waals surface area contributed by atoms with E-state index in [1.54, 1.807) is 0 Å².